The summed E-state index contributed by atoms with van der Waals surface area (Å²) in [6, 6.07) is 6.93. The molecule has 0 saturated heterocycles. The number of guanidine groups is 1. The molecule has 0 atom stereocenters. The molecule has 5 heteroatoms. The lowest BCUT2D eigenvalue weighted by Crippen LogP contribution is -3.00. The number of hydrogen-bond acceptors (Lipinski definition) is 1. The standard InChI is InChI=1S/C7H8ClN3.ClH/c8-5-1-3-6(4-2-5)11-7(9)10;/h1-4H,(H4,9,10,11);1H/p-1. The Morgan fingerprint density at radius 3 is 2.08 bits per heavy atom. The summed E-state index contributed by atoms with van der Waals surface area (Å²) in [5, 5.41) is 0.666. The topological polar surface area (TPSA) is 64.4 Å². The molecule has 0 spiro atoms. The summed E-state index contributed by atoms with van der Waals surface area (Å²) in [5.74, 6) is 0.0484. The molecule has 0 fully saturated rings. The number of rotatable bonds is 1. The van der Waals surface area contributed by atoms with E-state index in [1.807, 2.05) is 0 Å². The van der Waals surface area contributed by atoms with Crippen LogP contribution in [0.15, 0.2) is 29.3 Å². The molecule has 0 saturated carbocycles. The zero-order chi connectivity index (χ0) is 8.27. The Hall–Kier alpha value is -0.930. The van der Waals surface area contributed by atoms with Gasteiger partial charge >= 0.3 is 0 Å². The van der Waals surface area contributed by atoms with Crippen LogP contribution in [0.5, 0.6) is 0 Å². The second-order valence-corrected chi connectivity index (χ2v) is 2.45. The summed E-state index contributed by atoms with van der Waals surface area (Å²) in [5.41, 5.74) is 11.0. The third-order valence-electron chi connectivity index (χ3n) is 1.08. The smallest absolute Gasteiger partial charge is 0.191 e. The highest BCUT2D eigenvalue weighted by atomic mass is 35.5. The molecule has 1 aromatic rings. The van der Waals surface area contributed by atoms with Crippen LogP contribution in [0, 0.1) is 0 Å². The van der Waals surface area contributed by atoms with E-state index in [2.05, 4.69) is 4.99 Å². The fourth-order valence-corrected chi connectivity index (χ4v) is 0.791. The molecule has 12 heavy (non-hydrogen) atoms. The number of hydrogen-bond donors (Lipinski definition) is 2. The zero-order valence-electron chi connectivity index (χ0n) is 6.17. The van der Waals surface area contributed by atoms with E-state index in [9.17, 15) is 0 Å². The van der Waals surface area contributed by atoms with E-state index in [1.54, 1.807) is 24.3 Å². The van der Waals surface area contributed by atoms with Crippen molar-refractivity contribution >= 4 is 23.2 Å². The molecule has 0 aromatic heterocycles. The highest BCUT2D eigenvalue weighted by Gasteiger charge is 1.88. The molecule has 0 heterocycles. The van der Waals surface area contributed by atoms with Gasteiger partial charge in [-0.05, 0) is 24.3 Å². The lowest BCUT2D eigenvalue weighted by molar-refractivity contribution is -0.00000250. The van der Waals surface area contributed by atoms with Crippen molar-refractivity contribution in [2.75, 3.05) is 0 Å². The lowest BCUT2D eigenvalue weighted by atomic mass is 10.3. The van der Waals surface area contributed by atoms with Crippen LogP contribution in [0.3, 0.4) is 0 Å². The van der Waals surface area contributed by atoms with Gasteiger partial charge in [0.2, 0.25) is 0 Å². The van der Waals surface area contributed by atoms with Crippen molar-refractivity contribution in [3.8, 4) is 0 Å². The third kappa shape index (κ3) is 3.46. The Bertz CT molecular complexity index is 264. The zero-order valence-corrected chi connectivity index (χ0v) is 7.68. The maximum atomic E-state index is 5.64. The molecule has 0 bridgehead atoms. The summed E-state index contributed by atoms with van der Waals surface area (Å²) in [6.07, 6.45) is 0. The average Bonchev–Trinajstić information content (AvgIpc) is 1.93. The molecule has 3 nitrogen and oxygen atoms in total. The van der Waals surface area contributed by atoms with E-state index >= 15 is 0 Å². The average molecular weight is 205 g/mol. The first-order valence-corrected chi connectivity index (χ1v) is 3.41. The van der Waals surface area contributed by atoms with Gasteiger partial charge in [-0.3, -0.25) is 0 Å². The van der Waals surface area contributed by atoms with Gasteiger partial charge < -0.3 is 23.9 Å². The predicted molar refractivity (Wildman–Crippen MR) is 46.9 cm³/mol. The van der Waals surface area contributed by atoms with Gasteiger partial charge in [0.1, 0.15) is 0 Å². The molecule has 1 aromatic carbocycles. The summed E-state index contributed by atoms with van der Waals surface area (Å²) >= 11 is 5.64. The van der Waals surface area contributed by atoms with Gasteiger partial charge in [0.05, 0.1) is 5.69 Å². The molecular weight excluding hydrogens is 197 g/mol. The Kier molecular flexibility index (Phi) is 4.47. The van der Waals surface area contributed by atoms with Crippen molar-refractivity contribution in [2.45, 2.75) is 0 Å². The Morgan fingerprint density at radius 1 is 1.17 bits per heavy atom. The van der Waals surface area contributed by atoms with Gasteiger partial charge in [-0.15, -0.1) is 0 Å². The lowest BCUT2D eigenvalue weighted by Gasteiger charge is -1.93. The second-order valence-electron chi connectivity index (χ2n) is 2.01. The molecule has 4 N–H and O–H groups in total. The van der Waals surface area contributed by atoms with Crippen LogP contribution < -0.4 is 23.9 Å². The van der Waals surface area contributed by atoms with E-state index in [1.165, 1.54) is 0 Å². The van der Waals surface area contributed by atoms with Gasteiger partial charge in [-0.2, -0.15) is 0 Å². The number of nitrogens with zero attached hydrogens (tertiary/aromatic N) is 1. The minimum absolute atomic E-state index is 0. The van der Waals surface area contributed by atoms with Crippen LogP contribution >= 0.6 is 11.6 Å². The largest absolute Gasteiger partial charge is 1.00 e. The van der Waals surface area contributed by atoms with Crippen LogP contribution in [0.1, 0.15) is 0 Å². The van der Waals surface area contributed by atoms with Crippen LogP contribution in [0.4, 0.5) is 5.69 Å². The number of halogens is 2. The van der Waals surface area contributed by atoms with E-state index in [-0.39, 0.29) is 18.4 Å². The Labute approximate surface area is 81.8 Å². The highest BCUT2D eigenvalue weighted by molar-refractivity contribution is 6.30. The number of benzene rings is 1. The fraction of sp³-hybridized carbons (Fsp3) is 0. The molecule has 0 unspecified atom stereocenters. The van der Waals surface area contributed by atoms with Gasteiger partial charge in [-0.1, -0.05) is 11.6 Å². The summed E-state index contributed by atoms with van der Waals surface area (Å²) < 4.78 is 0. The van der Waals surface area contributed by atoms with Crippen molar-refractivity contribution in [3.63, 3.8) is 0 Å². The molecule has 0 aliphatic carbocycles. The van der Waals surface area contributed by atoms with Crippen molar-refractivity contribution < 1.29 is 12.4 Å². The van der Waals surface area contributed by atoms with Gasteiger partial charge in [0, 0.05) is 5.02 Å². The van der Waals surface area contributed by atoms with E-state index in [0.29, 0.717) is 10.7 Å². The van der Waals surface area contributed by atoms with E-state index in [0.717, 1.165) is 0 Å². The summed E-state index contributed by atoms with van der Waals surface area (Å²) in [7, 11) is 0. The predicted octanol–water partition coefficient (Wildman–Crippen LogP) is -1.75. The third-order valence-corrected chi connectivity index (χ3v) is 1.34. The molecule has 0 radical (unpaired) electrons. The SMILES string of the molecule is NC(N)=Nc1ccc(Cl)cc1.[Cl-]. The van der Waals surface area contributed by atoms with E-state index < -0.39 is 0 Å². The van der Waals surface area contributed by atoms with Crippen LogP contribution in [-0.4, -0.2) is 5.96 Å². The van der Waals surface area contributed by atoms with Gasteiger partial charge in [0.15, 0.2) is 5.96 Å². The maximum Gasteiger partial charge on any atom is 0.191 e. The first-order valence-electron chi connectivity index (χ1n) is 3.03. The molecule has 0 aliphatic heterocycles. The van der Waals surface area contributed by atoms with Gasteiger partial charge in [-0.25, -0.2) is 4.99 Å². The molecular formula is C7H8Cl2N3-. The van der Waals surface area contributed by atoms with Crippen LogP contribution in [0.25, 0.3) is 0 Å². The normalized spacial score (nSPS) is 8.42. The summed E-state index contributed by atoms with van der Waals surface area (Å²) in [4.78, 5) is 3.81. The molecule has 1 rings (SSSR count). The minimum Gasteiger partial charge on any atom is -1.00 e. The quantitative estimate of drug-likeness (QED) is 0.421. The van der Waals surface area contributed by atoms with E-state index in [4.69, 9.17) is 23.1 Å². The molecule has 0 aliphatic rings. The number of nitrogens with two attached hydrogens (primary N) is 2. The van der Waals surface area contributed by atoms with Crippen LogP contribution in [-0.2, 0) is 0 Å². The minimum atomic E-state index is 0. The van der Waals surface area contributed by atoms with Crippen molar-refractivity contribution in [3.05, 3.63) is 29.3 Å². The Morgan fingerprint density at radius 2 is 1.67 bits per heavy atom. The van der Waals surface area contributed by atoms with Crippen molar-refractivity contribution in [1.29, 1.82) is 0 Å². The molecule has 66 valence electrons. The number of aliphatic imine (C=N–C) groups is 1. The second kappa shape index (κ2) is 4.85. The Balaban J connectivity index is 0.00000121. The highest BCUT2D eigenvalue weighted by Crippen LogP contribution is 2.15. The first kappa shape index (κ1) is 11.1. The van der Waals surface area contributed by atoms with Gasteiger partial charge in [0.25, 0.3) is 0 Å². The van der Waals surface area contributed by atoms with Crippen LogP contribution in [0.2, 0.25) is 5.02 Å². The van der Waals surface area contributed by atoms with Crippen molar-refractivity contribution in [1.82, 2.24) is 0 Å². The summed E-state index contributed by atoms with van der Waals surface area (Å²) in [6.45, 7) is 0. The fourth-order valence-electron chi connectivity index (χ4n) is 0.665. The van der Waals surface area contributed by atoms with Crippen molar-refractivity contribution in [2.24, 2.45) is 16.5 Å². The maximum absolute atomic E-state index is 5.64. The first-order chi connectivity index (χ1) is 5.18. The molecule has 0 amide bonds. The monoisotopic (exact) mass is 204 g/mol.